The Kier molecular flexibility index (Phi) is 5.21. The van der Waals surface area contributed by atoms with E-state index in [4.69, 9.17) is 21.1 Å². The van der Waals surface area contributed by atoms with E-state index in [1.165, 1.54) is 30.7 Å². The maximum absolute atomic E-state index is 13.4. The number of hydrogen-bond acceptors (Lipinski definition) is 4. The van der Waals surface area contributed by atoms with E-state index in [9.17, 15) is 12.8 Å². The molecule has 2 unspecified atom stereocenters. The first-order chi connectivity index (χ1) is 9.93. The van der Waals surface area contributed by atoms with Crippen LogP contribution in [0, 0.1) is 5.82 Å². The quantitative estimate of drug-likeness (QED) is 0.766. The molecule has 0 bridgehead atoms. The van der Waals surface area contributed by atoms with Crippen molar-refractivity contribution in [2.45, 2.75) is 23.0 Å². The lowest BCUT2D eigenvalue weighted by Gasteiger charge is -2.16. The van der Waals surface area contributed by atoms with E-state index >= 15 is 0 Å². The number of rotatable bonds is 5. The number of sulfonamides is 1. The third-order valence-corrected chi connectivity index (χ3v) is 5.70. The van der Waals surface area contributed by atoms with Gasteiger partial charge in [-0.3, -0.25) is 0 Å². The van der Waals surface area contributed by atoms with Crippen LogP contribution in [0.25, 0.3) is 0 Å². The molecule has 1 heterocycles. The second-order valence-electron chi connectivity index (χ2n) is 4.76. The van der Waals surface area contributed by atoms with Crippen LogP contribution in [-0.4, -0.2) is 52.2 Å². The number of alkyl halides is 1. The monoisotopic (exact) mass is 337 g/mol. The number of methoxy groups -OCH3 is 2. The molecule has 0 spiro atoms. The normalized spacial score (nSPS) is 23.6. The summed E-state index contributed by atoms with van der Waals surface area (Å²) >= 11 is 5.62. The smallest absolute Gasteiger partial charge is 0.243 e. The Morgan fingerprint density at radius 2 is 1.86 bits per heavy atom. The second-order valence-corrected chi connectivity index (χ2v) is 6.96. The van der Waals surface area contributed by atoms with Gasteiger partial charge in [-0.1, -0.05) is 0 Å². The molecule has 0 aromatic heterocycles. The van der Waals surface area contributed by atoms with Crippen molar-refractivity contribution < 1.29 is 22.3 Å². The topological polar surface area (TPSA) is 55.8 Å². The van der Waals surface area contributed by atoms with Crippen LogP contribution in [0.2, 0.25) is 0 Å². The molecule has 21 heavy (non-hydrogen) atoms. The lowest BCUT2D eigenvalue weighted by atomic mass is 10.2. The highest BCUT2D eigenvalue weighted by Gasteiger charge is 2.39. The van der Waals surface area contributed by atoms with Crippen LogP contribution in [0.15, 0.2) is 23.1 Å². The van der Waals surface area contributed by atoms with Crippen molar-refractivity contribution in [1.82, 2.24) is 4.31 Å². The van der Waals surface area contributed by atoms with Crippen molar-refractivity contribution in [3.8, 4) is 0 Å². The predicted octanol–water partition coefficient (Wildman–Crippen LogP) is 1.60. The molecule has 8 heteroatoms. The number of halogens is 2. The molecule has 1 fully saturated rings. The van der Waals surface area contributed by atoms with Crippen LogP contribution in [-0.2, 0) is 25.4 Å². The highest BCUT2D eigenvalue weighted by Crippen LogP contribution is 2.25. The Bertz CT molecular complexity index is 598. The van der Waals surface area contributed by atoms with E-state index in [2.05, 4.69) is 0 Å². The number of benzene rings is 1. The molecule has 2 rings (SSSR count). The van der Waals surface area contributed by atoms with Gasteiger partial charge >= 0.3 is 0 Å². The Hall–Kier alpha value is -0.730. The van der Waals surface area contributed by atoms with Gasteiger partial charge in [0.05, 0.1) is 23.0 Å². The zero-order chi connectivity index (χ0) is 15.6. The van der Waals surface area contributed by atoms with E-state index in [0.29, 0.717) is 0 Å². The van der Waals surface area contributed by atoms with Crippen LogP contribution in [0.5, 0.6) is 0 Å². The summed E-state index contributed by atoms with van der Waals surface area (Å²) in [7, 11) is -0.706. The van der Waals surface area contributed by atoms with E-state index in [1.807, 2.05) is 0 Å². The van der Waals surface area contributed by atoms with Crippen LogP contribution in [0.3, 0.4) is 0 Å². The largest absolute Gasteiger partial charge is 0.377 e. The van der Waals surface area contributed by atoms with Crippen molar-refractivity contribution in [2.24, 2.45) is 0 Å². The summed E-state index contributed by atoms with van der Waals surface area (Å²) < 4.78 is 50.3. The first kappa shape index (κ1) is 16.6. The Morgan fingerprint density at radius 3 is 2.33 bits per heavy atom. The summed E-state index contributed by atoms with van der Waals surface area (Å²) in [4.78, 5) is 0.0196. The van der Waals surface area contributed by atoms with Gasteiger partial charge in [0.1, 0.15) is 5.82 Å². The molecular weight excluding hydrogens is 321 g/mol. The minimum Gasteiger partial charge on any atom is -0.377 e. The molecular formula is C13H17ClFNO4S. The van der Waals surface area contributed by atoms with Crippen LogP contribution < -0.4 is 0 Å². The average Bonchev–Trinajstić information content (AvgIpc) is 2.91. The van der Waals surface area contributed by atoms with E-state index < -0.39 is 15.8 Å². The highest BCUT2D eigenvalue weighted by atomic mass is 35.5. The van der Waals surface area contributed by atoms with Crippen molar-refractivity contribution >= 4 is 21.6 Å². The molecule has 0 N–H and O–H groups in total. The van der Waals surface area contributed by atoms with Gasteiger partial charge in [0, 0.05) is 32.9 Å². The summed E-state index contributed by atoms with van der Waals surface area (Å²) in [5.74, 6) is -0.605. The third kappa shape index (κ3) is 3.22. The third-order valence-electron chi connectivity index (χ3n) is 3.59. The molecule has 5 nitrogen and oxygen atoms in total. The minimum absolute atomic E-state index is 0.0196. The fraction of sp³-hybridized carbons (Fsp3) is 0.538. The molecule has 1 aromatic carbocycles. The molecule has 2 atom stereocenters. The van der Waals surface area contributed by atoms with Crippen LogP contribution in [0.4, 0.5) is 4.39 Å². The molecule has 1 aliphatic heterocycles. The fourth-order valence-corrected chi connectivity index (χ4v) is 4.04. The first-order valence-electron chi connectivity index (χ1n) is 6.34. The molecule has 0 saturated carbocycles. The van der Waals surface area contributed by atoms with Gasteiger partial charge in [0.2, 0.25) is 10.0 Å². The van der Waals surface area contributed by atoms with Crippen LogP contribution in [0.1, 0.15) is 5.56 Å². The summed E-state index contributed by atoms with van der Waals surface area (Å²) in [6.45, 7) is 0.399. The Labute approximate surface area is 128 Å². The van der Waals surface area contributed by atoms with Gasteiger partial charge in [-0.25, -0.2) is 12.8 Å². The Morgan fingerprint density at radius 1 is 1.29 bits per heavy atom. The Balaban J connectivity index is 2.31. The standard InChI is InChI=1S/C13H17ClFNO4S/c1-19-12-7-16(8-13(12)20-2)21(17,18)10-3-4-11(15)9(5-10)6-14/h3-5,12-13H,6-8H2,1-2H3. The maximum atomic E-state index is 13.4. The highest BCUT2D eigenvalue weighted by molar-refractivity contribution is 7.89. The van der Waals surface area contributed by atoms with Crippen LogP contribution >= 0.6 is 11.6 Å². The number of nitrogens with zero attached hydrogens (tertiary/aromatic N) is 1. The van der Waals surface area contributed by atoms with Gasteiger partial charge in [-0.15, -0.1) is 11.6 Å². The zero-order valence-electron chi connectivity index (χ0n) is 11.8. The molecule has 0 amide bonds. The molecule has 0 radical (unpaired) electrons. The van der Waals surface area contributed by atoms with Gasteiger partial charge in [-0.05, 0) is 18.2 Å². The first-order valence-corrected chi connectivity index (χ1v) is 8.31. The van der Waals surface area contributed by atoms with E-state index in [0.717, 1.165) is 6.07 Å². The van der Waals surface area contributed by atoms with Crippen molar-refractivity contribution in [1.29, 1.82) is 0 Å². The minimum atomic E-state index is -3.73. The molecule has 1 aliphatic rings. The van der Waals surface area contributed by atoms with Gasteiger partial charge in [-0.2, -0.15) is 4.31 Å². The summed E-state index contributed by atoms with van der Waals surface area (Å²) in [5, 5.41) is 0. The fourth-order valence-electron chi connectivity index (χ4n) is 2.32. The van der Waals surface area contributed by atoms with Crippen molar-refractivity contribution in [3.05, 3.63) is 29.6 Å². The summed E-state index contributed by atoms with van der Waals surface area (Å²) in [5.41, 5.74) is 0.156. The molecule has 1 saturated heterocycles. The maximum Gasteiger partial charge on any atom is 0.243 e. The zero-order valence-corrected chi connectivity index (χ0v) is 13.3. The van der Waals surface area contributed by atoms with E-state index in [1.54, 1.807) is 0 Å². The van der Waals surface area contributed by atoms with Crippen molar-refractivity contribution in [2.75, 3.05) is 27.3 Å². The molecule has 0 aliphatic carbocycles. The molecule has 1 aromatic rings. The summed E-state index contributed by atoms with van der Waals surface area (Å²) in [6.07, 6.45) is -0.643. The lowest BCUT2D eigenvalue weighted by Crippen LogP contribution is -2.30. The second kappa shape index (κ2) is 6.58. The SMILES string of the molecule is COC1CN(S(=O)(=O)c2ccc(F)c(CCl)c2)CC1OC. The molecule has 118 valence electrons. The van der Waals surface area contributed by atoms with Gasteiger partial charge in [0.15, 0.2) is 0 Å². The lowest BCUT2D eigenvalue weighted by molar-refractivity contribution is -0.00461. The van der Waals surface area contributed by atoms with Gasteiger partial charge in [0.25, 0.3) is 0 Å². The number of ether oxygens (including phenoxy) is 2. The van der Waals surface area contributed by atoms with Crippen molar-refractivity contribution in [3.63, 3.8) is 0 Å². The van der Waals surface area contributed by atoms with E-state index in [-0.39, 0.29) is 41.6 Å². The average molecular weight is 338 g/mol. The number of hydrogen-bond donors (Lipinski definition) is 0. The summed E-state index contributed by atoms with van der Waals surface area (Å²) in [6, 6.07) is 3.62. The van der Waals surface area contributed by atoms with Gasteiger partial charge < -0.3 is 9.47 Å². The predicted molar refractivity (Wildman–Crippen MR) is 76.3 cm³/mol.